The van der Waals surface area contributed by atoms with Crippen molar-refractivity contribution < 1.29 is 18.1 Å². The lowest BCUT2D eigenvalue weighted by atomic mass is 9.81. The van der Waals surface area contributed by atoms with E-state index in [1.807, 2.05) is 0 Å². The third kappa shape index (κ3) is 2.66. The Morgan fingerprint density at radius 2 is 1.85 bits per heavy atom. The minimum atomic E-state index is -0.937. The second-order valence-corrected chi connectivity index (χ2v) is 8.05. The van der Waals surface area contributed by atoms with E-state index in [4.69, 9.17) is 0 Å². The van der Waals surface area contributed by atoms with Crippen LogP contribution in [0.4, 0.5) is 8.78 Å². The number of rotatable bonds is 2. The van der Waals surface area contributed by atoms with Gasteiger partial charge >= 0.3 is 0 Å². The number of halogens is 2. The van der Waals surface area contributed by atoms with Crippen LogP contribution in [0, 0.1) is 11.6 Å². The first-order chi connectivity index (χ1) is 9.47. The van der Waals surface area contributed by atoms with Crippen molar-refractivity contribution in [1.82, 2.24) is 0 Å². The molecule has 3 rings (SSSR count). The van der Waals surface area contributed by atoms with Crippen LogP contribution >= 0.6 is 0 Å². The summed E-state index contributed by atoms with van der Waals surface area (Å²) in [6.07, 6.45) is 4.15. The predicted octanol–water partition coefficient (Wildman–Crippen LogP) is 2.70. The molecule has 2 unspecified atom stereocenters. The third-order valence-electron chi connectivity index (χ3n) is 4.44. The molecule has 110 valence electrons. The summed E-state index contributed by atoms with van der Waals surface area (Å²) in [5, 5.41) is 10.9. The Labute approximate surface area is 119 Å². The van der Waals surface area contributed by atoms with Gasteiger partial charge in [-0.2, -0.15) is 0 Å². The number of fused-ring (bicyclic) bond motifs is 2. The highest BCUT2D eigenvalue weighted by Crippen LogP contribution is 2.40. The summed E-state index contributed by atoms with van der Waals surface area (Å²) in [7, 11) is -0.843. The summed E-state index contributed by atoms with van der Waals surface area (Å²) in [5.41, 5.74) is -0.342. The average Bonchev–Trinajstić information content (AvgIpc) is 2.36. The summed E-state index contributed by atoms with van der Waals surface area (Å²) in [5.74, 6) is -1.76. The topological polar surface area (TPSA) is 37.3 Å². The Hall–Kier alpha value is -0.810. The van der Waals surface area contributed by atoms with E-state index < -0.39 is 28.0 Å². The zero-order chi connectivity index (χ0) is 14.3. The van der Waals surface area contributed by atoms with Gasteiger partial charge in [-0.25, -0.2) is 8.78 Å². The first kappa shape index (κ1) is 14.1. The van der Waals surface area contributed by atoms with Gasteiger partial charge < -0.3 is 5.11 Å². The van der Waals surface area contributed by atoms with Crippen LogP contribution in [0.25, 0.3) is 0 Å². The highest BCUT2D eigenvalue weighted by atomic mass is 32.2. The van der Waals surface area contributed by atoms with E-state index in [0.717, 1.165) is 31.4 Å². The van der Waals surface area contributed by atoms with E-state index >= 15 is 0 Å². The SMILES string of the molecule is O=S1C2CCCC1CC(O)(Cc1ccc(F)c(F)c1)C2. The molecule has 0 aromatic heterocycles. The lowest BCUT2D eigenvalue weighted by Crippen LogP contribution is -2.50. The van der Waals surface area contributed by atoms with E-state index in [9.17, 15) is 18.1 Å². The molecule has 1 aromatic rings. The van der Waals surface area contributed by atoms with E-state index in [-0.39, 0.29) is 10.5 Å². The van der Waals surface area contributed by atoms with Crippen molar-refractivity contribution in [2.75, 3.05) is 0 Å². The Morgan fingerprint density at radius 3 is 2.45 bits per heavy atom. The highest BCUT2D eigenvalue weighted by Gasteiger charge is 2.45. The first-order valence-corrected chi connectivity index (χ1v) is 8.30. The maximum absolute atomic E-state index is 13.2. The van der Waals surface area contributed by atoms with Gasteiger partial charge in [0, 0.05) is 27.7 Å². The Bertz CT molecular complexity index is 531. The molecule has 0 spiro atoms. The Kier molecular flexibility index (Phi) is 3.67. The van der Waals surface area contributed by atoms with Gasteiger partial charge in [0.05, 0.1) is 5.60 Å². The molecule has 2 fully saturated rings. The zero-order valence-corrected chi connectivity index (χ0v) is 12.0. The number of hydrogen-bond donors (Lipinski definition) is 1. The fraction of sp³-hybridized carbons (Fsp3) is 0.600. The normalized spacial score (nSPS) is 36.9. The monoisotopic (exact) mass is 300 g/mol. The van der Waals surface area contributed by atoms with Crippen molar-refractivity contribution in [3.8, 4) is 0 Å². The van der Waals surface area contributed by atoms with Gasteiger partial charge in [0.1, 0.15) is 0 Å². The first-order valence-electron chi connectivity index (χ1n) is 7.02. The fourth-order valence-corrected chi connectivity index (χ4v) is 5.84. The number of aliphatic hydroxyl groups is 1. The van der Waals surface area contributed by atoms with Crippen LogP contribution in [0.2, 0.25) is 0 Å². The van der Waals surface area contributed by atoms with E-state index in [0.29, 0.717) is 24.8 Å². The van der Waals surface area contributed by atoms with Crippen LogP contribution in [0.3, 0.4) is 0 Å². The summed E-state index contributed by atoms with van der Waals surface area (Å²) < 4.78 is 38.3. The van der Waals surface area contributed by atoms with Gasteiger partial charge in [0.2, 0.25) is 0 Å². The molecule has 0 saturated carbocycles. The van der Waals surface area contributed by atoms with Crippen LogP contribution in [0.5, 0.6) is 0 Å². The summed E-state index contributed by atoms with van der Waals surface area (Å²) >= 11 is 0. The summed E-state index contributed by atoms with van der Waals surface area (Å²) in [6.45, 7) is 0. The molecular formula is C15H18F2O2S. The lowest BCUT2D eigenvalue weighted by molar-refractivity contribution is 0.0113. The Balaban J connectivity index is 1.79. The molecular weight excluding hydrogens is 282 g/mol. The molecule has 1 N–H and O–H groups in total. The summed E-state index contributed by atoms with van der Waals surface area (Å²) in [4.78, 5) is 0. The van der Waals surface area contributed by atoms with Crippen molar-refractivity contribution in [1.29, 1.82) is 0 Å². The number of hydrogen-bond acceptors (Lipinski definition) is 2. The minimum absolute atomic E-state index is 0.0535. The fourth-order valence-electron chi connectivity index (χ4n) is 3.55. The molecule has 2 aliphatic rings. The number of benzene rings is 1. The molecule has 0 amide bonds. The van der Waals surface area contributed by atoms with Crippen LogP contribution < -0.4 is 0 Å². The maximum Gasteiger partial charge on any atom is 0.159 e. The average molecular weight is 300 g/mol. The van der Waals surface area contributed by atoms with Crippen molar-refractivity contribution in [2.24, 2.45) is 0 Å². The van der Waals surface area contributed by atoms with Crippen LogP contribution in [-0.2, 0) is 17.2 Å². The predicted molar refractivity (Wildman–Crippen MR) is 73.8 cm³/mol. The molecule has 20 heavy (non-hydrogen) atoms. The molecule has 2 atom stereocenters. The van der Waals surface area contributed by atoms with Gasteiger partial charge in [0.15, 0.2) is 11.6 Å². The highest BCUT2D eigenvalue weighted by molar-refractivity contribution is 7.86. The molecule has 0 radical (unpaired) electrons. The molecule has 2 saturated heterocycles. The minimum Gasteiger partial charge on any atom is -0.389 e. The Morgan fingerprint density at radius 1 is 1.20 bits per heavy atom. The molecule has 5 heteroatoms. The lowest BCUT2D eigenvalue weighted by Gasteiger charge is -2.43. The van der Waals surface area contributed by atoms with Crippen molar-refractivity contribution in [3.63, 3.8) is 0 Å². The van der Waals surface area contributed by atoms with E-state index in [1.54, 1.807) is 0 Å². The van der Waals surface area contributed by atoms with Crippen LogP contribution in [-0.4, -0.2) is 25.4 Å². The van der Waals surface area contributed by atoms with Gasteiger partial charge in [-0.3, -0.25) is 4.21 Å². The molecule has 1 aromatic carbocycles. The van der Waals surface area contributed by atoms with Crippen molar-refractivity contribution >= 4 is 10.8 Å². The summed E-state index contributed by atoms with van der Waals surface area (Å²) in [6, 6.07) is 3.75. The molecule has 2 bridgehead atoms. The largest absolute Gasteiger partial charge is 0.389 e. The van der Waals surface area contributed by atoms with E-state index in [2.05, 4.69) is 0 Å². The quantitative estimate of drug-likeness (QED) is 0.912. The van der Waals surface area contributed by atoms with Gasteiger partial charge in [-0.05, 0) is 43.4 Å². The van der Waals surface area contributed by atoms with Crippen molar-refractivity contribution in [2.45, 2.75) is 54.6 Å². The van der Waals surface area contributed by atoms with Crippen molar-refractivity contribution in [3.05, 3.63) is 35.4 Å². The van der Waals surface area contributed by atoms with E-state index in [1.165, 1.54) is 6.07 Å². The zero-order valence-electron chi connectivity index (χ0n) is 11.1. The van der Waals surface area contributed by atoms with Gasteiger partial charge in [-0.1, -0.05) is 12.5 Å². The molecule has 2 nitrogen and oxygen atoms in total. The third-order valence-corrected chi connectivity index (χ3v) is 6.56. The van der Waals surface area contributed by atoms with Crippen LogP contribution in [0.1, 0.15) is 37.7 Å². The maximum atomic E-state index is 13.2. The van der Waals surface area contributed by atoms with Gasteiger partial charge in [-0.15, -0.1) is 0 Å². The van der Waals surface area contributed by atoms with Crippen LogP contribution in [0.15, 0.2) is 18.2 Å². The second-order valence-electron chi connectivity index (χ2n) is 6.06. The molecule has 2 aliphatic heterocycles. The van der Waals surface area contributed by atoms with Gasteiger partial charge in [0.25, 0.3) is 0 Å². The second kappa shape index (κ2) is 5.19. The standard InChI is InChI=1S/C15H18F2O2S/c16-13-5-4-10(6-14(13)17)7-15(18)8-11-2-1-3-12(9-15)20(11)19/h4-6,11-12,18H,1-3,7-9H2. The smallest absolute Gasteiger partial charge is 0.159 e. The molecule has 0 aliphatic carbocycles. The molecule has 2 heterocycles.